The molecule has 0 spiro atoms. The summed E-state index contributed by atoms with van der Waals surface area (Å²) in [7, 11) is -3.80. The number of methoxy groups -OCH3 is 1. The maximum absolute atomic E-state index is 12.2. The number of rotatable bonds is 5. The molecule has 5 nitrogen and oxygen atoms in total. The molecule has 9 heteroatoms. The lowest BCUT2D eigenvalue weighted by Gasteiger charge is -2.09. The van der Waals surface area contributed by atoms with Crippen LogP contribution in [0.4, 0.5) is 13.2 Å². The van der Waals surface area contributed by atoms with E-state index in [1.165, 1.54) is 11.8 Å². The molecule has 0 aliphatic heterocycles. The zero-order chi connectivity index (χ0) is 15.7. The molecule has 116 valence electrons. The van der Waals surface area contributed by atoms with E-state index in [-0.39, 0.29) is 13.0 Å². The van der Waals surface area contributed by atoms with Gasteiger partial charge in [0.1, 0.15) is 5.75 Å². The lowest BCUT2D eigenvalue weighted by atomic mass is 10.1. The fourth-order valence-electron chi connectivity index (χ4n) is 1.89. The van der Waals surface area contributed by atoms with E-state index in [1.54, 1.807) is 24.4 Å². The van der Waals surface area contributed by atoms with E-state index in [0.717, 1.165) is 10.9 Å². The van der Waals surface area contributed by atoms with Gasteiger partial charge < -0.3 is 9.72 Å². The van der Waals surface area contributed by atoms with E-state index in [1.807, 2.05) is 0 Å². The van der Waals surface area contributed by atoms with Gasteiger partial charge in [-0.15, -0.1) is 0 Å². The van der Waals surface area contributed by atoms with Crippen LogP contribution in [0.5, 0.6) is 5.75 Å². The number of hydrogen-bond donors (Lipinski definition) is 2. The van der Waals surface area contributed by atoms with Gasteiger partial charge in [-0.25, -0.2) is 13.1 Å². The van der Waals surface area contributed by atoms with Gasteiger partial charge in [0.05, 0.1) is 7.11 Å². The molecule has 0 aliphatic rings. The molecule has 0 atom stereocenters. The molecule has 0 saturated carbocycles. The normalized spacial score (nSPS) is 12.8. The van der Waals surface area contributed by atoms with Gasteiger partial charge >= 0.3 is 15.5 Å². The van der Waals surface area contributed by atoms with E-state index >= 15 is 0 Å². The van der Waals surface area contributed by atoms with Crippen LogP contribution in [0.25, 0.3) is 10.9 Å². The van der Waals surface area contributed by atoms with E-state index in [2.05, 4.69) is 4.98 Å². The highest BCUT2D eigenvalue weighted by atomic mass is 32.2. The zero-order valence-corrected chi connectivity index (χ0v) is 11.8. The third-order valence-corrected chi connectivity index (χ3v) is 4.16. The fourth-order valence-corrected chi connectivity index (χ4v) is 2.43. The number of hydrogen-bond acceptors (Lipinski definition) is 3. The molecule has 2 rings (SSSR count). The van der Waals surface area contributed by atoms with Crippen LogP contribution in [0.2, 0.25) is 0 Å². The van der Waals surface area contributed by atoms with Crippen molar-refractivity contribution in [2.24, 2.45) is 0 Å². The summed E-state index contributed by atoms with van der Waals surface area (Å²) in [6.45, 7) is -0.341. The van der Waals surface area contributed by atoms with Gasteiger partial charge in [0.15, 0.2) is 0 Å². The zero-order valence-electron chi connectivity index (χ0n) is 11.0. The number of aromatic amines is 1. The van der Waals surface area contributed by atoms with Gasteiger partial charge in [0.25, 0.3) is 0 Å². The largest absolute Gasteiger partial charge is 0.511 e. The van der Waals surface area contributed by atoms with Crippen molar-refractivity contribution in [3.05, 3.63) is 30.0 Å². The van der Waals surface area contributed by atoms with Gasteiger partial charge in [-0.2, -0.15) is 13.2 Å². The molecule has 2 aromatic rings. The second kappa shape index (κ2) is 5.57. The Bertz CT molecular complexity index is 738. The van der Waals surface area contributed by atoms with Gasteiger partial charge in [0.2, 0.25) is 0 Å². The summed E-state index contributed by atoms with van der Waals surface area (Å²) in [4.78, 5) is 2.96. The van der Waals surface area contributed by atoms with Crippen molar-refractivity contribution >= 4 is 20.9 Å². The van der Waals surface area contributed by atoms with Crippen molar-refractivity contribution < 1.29 is 26.3 Å². The molecule has 0 amide bonds. The number of sulfonamides is 1. The van der Waals surface area contributed by atoms with Crippen molar-refractivity contribution in [1.29, 1.82) is 0 Å². The maximum atomic E-state index is 12.2. The van der Waals surface area contributed by atoms with Crippen molar-refractivity contribution in [2.45, 2.75) is 11.9 Å². The van der Waals surface area contributed by atoms with Crippen LogP contribution in [0, 0.1) is 0 Å². The smallest absolute Gasteiger partial charge is 0.497 e. The number of H-pyrrole nitrogens is 1. The van der Waals surface area contributed by atoms with Gasteiger partial charge in [-0.05, 0) is 30.2 Å². The molecule has 0 saturated heterocycles. The standard InChI is InChI=1S/C12H13F3N2O3S/c1-20-9-2-3-11-10(6-9)8(7-16-11)4-5-17-21(18,19)12(13,14)15/h2-3,6-7,16-17H,4-5H2,1H3. The minimum Gasteiger partial charge on any atom is -0.497 e. The van der Waals surface area contributed by atoms with E-state index < -0.39 is 15.5 Å². The third-order valence-electron chi connectivity index (χ3n) is 2.97. The number of fused-ring (bicyclic) bond motifs is 1. The van der Waals surface area contributed by atoms with Crippen molar-refractivity contribution in [3.8, 4) is 5.75 Å². The van der Waals surface area contributed by atoms with Gasteiger partial charge in [0, 0.05) is 23.6 Å². The fraction of sp³-hybridized carbons (Fsp3) is 0.333. The second-order valence-corrected chi connectivity index (χ2v) is 6.08. The quantitative estimate of drug-likeness (QED) is 0.886. The molecule has 0 radical (unpaired) electrons. The number of alkyl halides is 3. The molecular weight excluding hydrogens is 309 g/mol. The minimum absolute atomic E-state index is 0.127. The summed E-state index contributed by atoms with van der Waals surface area (Å²) < 4.78 is 64.9. The average molecular weight is 322 g/mol. The van der Waals surface area contributed by atoms with Crippen LogP contribution >= 0.6 is 0 Å². The highest BCUT2D eigenvalue weighted by Crippen LogP contribution is 2.24. The Hall–Kier alpha value is -1.74. The molecule has 2 N–H and O–H groups in total. The Morgan fingerprint density at radius 1 is 1.33 bits per heavy atom. The average Bonchev–Trinajstić information content (AvgIpc) is 2.79. The topological polar surface area (TPSA) is 71.2 Å². The summed E-state index contributed by atoms with van der Waals surface area (Å²) in [6.07, 6.45) is 1.76. The maximum Gasteiger partial charge on any atom is 0.511 e. The lowest BCUT2D eigenvalue weighted by molar-refractivity contribution is -0.0447. The molecule has 0 aliphatic carbocycles. The van der Waals surface area contributed by atoms with Crippen LogP contribution in [0.15, 0.2) is 24.4 Å². The van der Waals surface area contributed by atoms with Crippen molar-refractivity contribution in [1.82, 2.24) is 9.71 Å². The molecule has 0 unspecified atom stereocenters. The number of benzene rings is 1. The third kappa shape index (κ3) is 3.30. The molecule has 0 bridgehead atoms. The first-order valence-corrected chi connectivity index (χ1v) is 7.43. The Kier molecular flexibility index (Phi) is 4.15. The molecule has 1 heterocycles. The first-order valence-electron chi connectivity index (χ1n) is 5.94. The van der Waals surface area contributed by atoms with Crippen LogP contribution in [0.1, 0.15) is 5.56 Å². The first-order chi connectivity index (χ1) is 9.74. The highest BCUT2D eigenvalue weighted by Gasteiger charge is 2.45. The van der Waals surface area contributed by atoms with Crippen molar-refractivity contribution in [2.75, 3.05) is 13.7 Å². The second-order valence-electron chi connectivity index (χ2n) is 4.32. The Balaban J connectivity index is 2.11. The summed E-state index contributed by atoms with van der Waals surface area (Å²) >= 11 is 0. The molecule has 21 heavy (non-hydrogen) atoms. The first kappa shape index (κ1) is 15.6. The van der Waals surface area contributed by atoms with Crippen LogP contribution in [0.3, 0.4) is 0 Å². The summed E-state index contributed by atoms with van der Waals surface area (Å²) in [5.41, 5.74) is -3.80. The SMILES string of the molecule is COc1ccc2[nH]cc(CCNS(=O)(=O)C(F)(F)F)c2c1. The lowest BCUT2D eigenvalue weighted by Crippen LogP contribution is -2.37. The number of ether oxygens (including phenoxy) is 1. The van der Waals surface area contributed by atoms with Crippen LogP contribution in [-0.2, 0) is 16.4 Å². The summed E-state index contributed by atoms with van der Waals surface area (Å²) in [6, 6.07) is 5.26. The van der Waals surface area contributed by atoms with E-state index in [4.69, 9.17) is 4.74 Å². The van der Waals surface area contributed by atoms with Gasteiger partial charge in [-0.3, -0.25) is 0 Å². The predicted molar refractivity (Wildman–Crippen MR) is 71.5 cm³/mol. The van der Waals surface area contributed by atoms with Crippen LogP contribution in [-0.4, -0.2) is 32.6 Å². The molecule has 1 aromatic carbocycles. The minimum atomic E-state index is -5.30. The number of aromatic nitrogens is 1. The summed E-state index contributed by atoms with van der Waals surface area (Å²) in [5.74, 6) is 0.610. The number of halogens is 3. The number of nitrogens with one attached hydrogen (secondary N) is 2. The van der Waals surface area contributed by atoms with Crippen LogP contribution < -0.4 is 9.46 Å². The predicted octanol–water partition coefficient (Wildman–Crippen LogP) is 2.16. The van der Waals surface area contributed by atoms with Gasteiger partial charge in [-0.1, -0.05) is 0 Å². The monoisotopic (exact) mass is 322 g/mol. The Morgan fingerprint density at radius 2 is 2.05 bits per heavy atom. The molecular formula is C12H13F3N2O3S. The van der Waals surface area contributed by atoms with E-state index in [0.29, 0.717) is 11.3 Å². The summed E-state index contributed by atoms with van der Waals surface area (Å²) in [5, 5.41) is 0.778. The molecule has 1 aromatic heterocycles. The Morgan fingerprint density at radius 3 is 2.67 bits per heavy atom. The van der Waals surface area contributed by atoms with E-state index in [9.17, 15) is 21.6 Å². The van der Waals surface area contributed by atoms with Crippen molar-refractivity contribution in [3.63, 3.8) is 0 Å². The Labute approximate surface area is 119 Å². The molecule has 0 fully saturated rings. The highest BCUT2D eigenvalue weighted by molar-refractivity contribution is 7.90.